The molecule has 0 saturated heterocycles. The van der Waals surface area contributed by atoms with E-state index in [1.165, 1.54) is 0 Å². The number of ether oxygens (including phenoxy) is 1. The van der Waals surface area contributed by atoms with Gasteiger partial charge in [-0.15, -0.1) is 0 Å². The van der Waals surface area contributed by atoms with Crippen molar-refractivity contribution in [1.29, 1.82) is 0 Å². The smallest absolute Gasteiger partial charge is 0.339 e. The first-order valence-electron chi connectivity index (χ1n) is 6.94. The summed E-state index contributed by atoms with van der Waals surface area (Å²) in [4.78, 5) is 14.2. The summed E-state index contributed by atoms with van der Waals surface area (Å²) in [6.45, 7) is 4.00. The van der Waals surface area contributed by atoms with E-state index in [1.54, 1.807) is 6.07 Å². The van der Waals surface area contributed by atoms with Crippen LogP contribution in [-0.2, 0) is 4.74 Å². The van der Waals surface area contributed by atoms with E-state index < -0.39 is 0 Å². The van der Waals surface area contributed by atoms with Crippen molar-refractivity contribution >= 4 is 27.6 Å². The van der Waals surface area contributed by atoms with Crippen molar-refractivity contribution < 1.29 is 9.53 Å². The molecule has 0 amide bonds. The first-order chi connectivity index (χ1) is 10.2. The van der Waals surface area contributed by atoms with Crippen LogP contribution in [0.15, 0.2) is 59.1 Å². The topological polar surface area (TPSA) is 29.5 Å². The summed E-state index contributed by atoms with van der Waals surface area (Å²) in [5.41, 5.74) is 1.69. The minimum absolute atomic E-state index is 0.299. The number of para-hydroxylation sites is 1. The zero-order valence-electron chi connectivity index (χ0n) is 12.0. The average molecular weight is 348 g/mol. The summed E-state index contributed by atoms with van der Waals surface area (Å²) in [5.74, 6) is -0.299. The van der Waals surface area contributed by atoms with Crippen molar-refractivity contribution in [3.05, 3.63) is 64.6 Å². The molecule has 3 nitrogen and oxygen atoms in total. The normalized spacial score (nSPS) is 10.2. The Balaban J connectivity index is 1.89. The lowest BCUT2D eigenvalue weighted by molar-refractivity contribution is 0.0514. The van der Waals surface area contributed by atoms with E-state index in [4.69, 9.17) is 4.74 Å². The number of carbonyl (C=O) groups is 1. The maximum absolute atomic E-state index is 12.0. The molecule has 0 saturated carbocycles. The molecule has 0 aromatic heterocycles. The molecular formula is C17H18BrNO2. The molecule has 21 heavy (non-hydrogen) atoms. The van der Waals surface area contributed by atoms with Gasteiger partial charge in [0, 0.05) is 16.7 Å². The maximum atomic E-state index is 12.0. The average Bonchev–Trinajstić information content (AvgIpc) is 2.52. The molecule has 2 aromatic carbocycles. The minimum atomic E-state index is -0.299. The van der Waals surface area contributed by atoms with Gasteiger partial charge in [0.2, 0.25) is 0 Å². The molecule has 0 bridgehead atoms. The third-order valence-electron chi connectivity index (χ3n) is 3.19. The quantitative estimate of drug-likeness (QED) is 0.735. The molecule has 110 valence electrons. The van der Waals surface area contributed by atoms with Crippen LogP contribution in [0, 0.1) is 0 Å². The molecule has 0 aliphatic carbocycles. The van der Waals surface area contributed by atoms with Crippen LogP contribution in [-0.4, -0.2) is 25.7 Å². The van der Waals surface area contributed by atoms with E-state index in [0.29, 0.717) is 18.7 Å². The first-order valence-corrected chi connectivity index (χ1v) is 7.73. The van der Waals surface area contributed by atoms with E-state index in [1.807, 2.05) is 36.4 Å². The van der Waals surface area contributed by atoms with Crippen molar-refractivity contribution in [3.63, 3.8) is 0 Å². The van der Waals surface area contributed by atoms with Gasteiger partial charge in [-0.05, 0) is 47.1 Å². The molecule has 0 unspecified atom stereocenters. The number of rotatable bonds is 6. The Labute approximate surface area is 133 Å². The SMILES string of the molecule is CCN(CCOC(=O)c1ccccc1Br)c1ccccc1. The minimum Gasteiger partial charge on any atom is -0.460 e. The van der Waals surface area contributed by atoms with E-state index in [9.17, 15) is 4.79 Å². The van der Waals surface area contributed by atoms with Crippen LogP contribution in [0.3, 0.4) is 0 Å². The van der Waals surface area contributed by atoms with Gasteiger partial charge in [-0.25, -0.2) is 4.79 Å². The van der Waals surface area contributed by atoms with Gasteiger partial charge in [-0.3, -0.25) is 0 Å². The Morgan fingerprint density at radius 1 is 1.10 bits per heavy atom. The molecule has 4 heteroatoms. The number of likely N-dealkylation sites (N-methyl/N-ethyl adjacent to an activating group) is 1. The fraction of sp³-hybridized carbons (Fsp3) is 0.235. The Bertz CT molecular complexity index is 586. The molecule has 2 aromatic rings. The van der Waals surface area contributed by atoms with E-state index in [0.717, 1.165) is 16.7 Å². The van der Waals surface area contributed by atoms with Gasteiger partial charge in [0.1, 0.15) is 6.61 Å². The molecule has 0 atom stereocenters. The highest BCUT2D eigenvalue weighted by Gasteiger charge is 2.11. The second kappa shape index (κ2) is 7.84. The van der Waals surface area contributed by atoms with Crippen LogP contribution in [0.2, 0.25) is 0 Å². The maximum Gasteiger partial charge on any atom is 0.339 e. The van der Waals surface area contributed by atoms with Gasteiger partial charge >= 0.3 is 5.97 Å². The monoisotopic (exact) mass is 347 g/mol. The zero-order valence-corrected chi connectivity index (χ0v) is 13.5. The highest BCUT2D eigenvalue weighted by Crippen LogP contribution is 2.17. The predicted molar refractivity (Wildman–Crippen MR) is 88.8 cm³/mol. The number of benzene rings is 2. The summed E-state index contributed by atoms with van der Waals surface area (Å²) in [6.07, 6.45) is 0. The van der Waals surface area contributed by atoms with Crippen molar-refractivity contribution in [1.82, 2.24) is 0 Å². The Morgan fingerprint density at radius 3 is 2.43 bits per heavy atom. The zero-order chi connectivity index (χ0) is 15.1. The third kappa shape index (κ3) is 4.33. The number of nitrogens with zero attached hydrogens (tertiary/aromatic N) is 1. The Kier molecular flexibility index (Phi) is 5.81. The lowest BCUT2D eigenvalue weighted by Crippen LogP contribution is -2.28. The van der Waals surface area contributed by atoms with Gasteiger partial charge in [0.15, 0.2) is 0 Å². The molecular weight excluding hydrogens is 330 g/mol. The summed E-state index contributed by atoms with van der Waals surface area (Å²) in [5, 5.41) is 0. The molecule has 0 aliphatic rings. The lowest BCUT2D eigenvalue weighted by Gasteiger charge is -2.22. The number of anilines is 1. The van der Waals surface area contributed by atoms with Crippen LogP contribution < -0.4 is 4.90 Å². The number of carbonyl (C=O) groups excluding carboxylic acids is 1. The fourth-order valence-corrected chi connectivity index (χ4v) is 2.51. The standard InChI is InChI=1S/C17H18BrNO2/c1-2-19(14-8-4-3-5-9-14)12-13-21-17(20)15-10-6-7-11-16(15)18/h3-11H,2,12-13H2,1H3. The molecule has 0 aliphatic heterocycles. The van der Waals surface area contributed by atoms with Crippen LogP contribution in [0.4, 0.5) is 5.69 Å². The third-order valence-corrected chi connectivity index (χ3v) is 3.88. The largest absolute Gasteiger partial charge is 0.460 e. The van der Waals surface area contributed by atoms with Crippen molar-refractivity contribution in [3.8, 4) is 0 Å². The van der Waals surface area contributed by atoms with Crippen LogP contribution in [0.25, 0.3) is 0 Å². The molecule has 2 rings (SSSR count). The highest BCUT2D eigenvalue weighted by molar-refractivity contribution is 9.10. The molecule has 0 heterocycles. The van der Waals surface area contributed by atoms with Crippen LogP contribution in [0.1, 0.15) is 17.3 Å². The second-order valence-electron chi connectivity index (χ2n) is 4.53. The van der Waals surface area contributed by atoms with Gasteiger partial charge < -0.3 is 9.64 Å². The molecule has 0 N–H and O–H groups in total. The Hall–Kier alpha value is -1.81. The van der Waals surface area contributed by atoms with Gasteiger partial charge in [0.25, 0.3) is 0 Å². The molecule has 0 spiro atoms. The highest BCUT2D eigenvalue weighted by atomic mass is 79.9. The lowest BCUT2D eigenvalue weighted by atomic mass is 10.2. The van der Waals surface area contributed by atoms with E-state index >= 15 is 0 Å². The number of hydrogen-bond donors (Lipinski definition) is 0. The Morgan fingerprint density at radius 2 is 1.76 bits per heavy atom. The second-order valence-corrected chi connectivity index (χ2v) is 5.39. The summed E-state index contributed by atoms with van der Waals surface area (Å²) < 4.78 is 6.11. The fourth-order valence-electron chi connectivity index (χ4n) is 2.06. The summed E-state index contributed by atoms with van der Waals surface area (Å²) in [6, 6.07) is 17.4. The van der Waals surface area contributed by atoms with Crippen molar-refractivity contribution in [2.75, 3.05) is 24.6 Å². The number of halogens is 1. The number of hydrogen-bond acceptors (Lipinski definition) is 3. The van der Waals surface area contributed by atoms with Crippen molar-refractivity contribution in [2.45, 2.75) is 6.92 Å². The van der Waals surface area contributed by atoms with Gasteiger partial charge in [-0.1, -0.05) is 30.3 Å². The molecule has 0 fully saturated rings. The molecule has 0 radical (unpaired) electrons. The van der Waals surface area contributed by atoms with Gasteiger partial charge in [0.05, 0.1) is 12.1 Å². The van der Waals surface area contributed by atoms with Gasteiger partial charge in [-0.2, -0.15) is 0 Å². The summed E-state index contributed by atoms with van der Waals surface area (Å²) >= 11 is 3.36. The first kappa shape index (κ1) is 15.6. The van der Waals surface area contributed by atoms with Crippen molar-refractivity contribution in [2.24, 2.45) is 0 Å². The van der Waals surface area contributed by atoms with Crippen LogP contribution in [0.5, 0.6) is 0 Å². The predicted octanol–water partition coefficient (Wildman–Crippen LogP) is 4.13. The van der Waals surface area contributed by atoms with Crippen LogP contribution >= 0.6 is 15.9 Å². The summed E-state index contributed by atoms with van der Waals surface area (Å²) in [7, 11) is 0. The van der Waals surface area contributed by atoms with E-state index in [-0.39, 0.29) is 5.97 Å². The number of esters is 1. The van der Waals surface area contributed by atoms with E-state index in [2.05, 4.69) is 39.9 Å².